The molecule has 31 heavy (non-hydrogen) atoms. The predicted molar refractivity (Wildman–Crippen MR) is 123 cm³/mol. The zero-order valence-corrected chi connectivity index (χ0v) is 18.8. The molecule has 0 N–H and O–H groups in total. The second-order valence-corrected chi connectivity index (χ2v) is 9.16. The van der Waals surface area contributed by atoms with Crippen molar-refractivity contribution in [2.75, 3.05) is 36.8 Å². The van der Waals surface area contributed by atoms with Crippen LogP contribution in [0.4, 0.5) is 10.1 Å². The summed E-state index contributed by atoms with van der Waals surface area (Å²) in [6.07, 6.45) is 3.34. The van der Waals surface area contributed by atoms with Crippen molar-refractivity contribution < 1.29 is 9.18 Å². The zero-order valence-electron chi connectivity index (χ0n) is 17.2. The number of hydrogen-bond donors (Lipinski definition) is 0. The molecular weight excluding hydrogens is 431 g/mol. The first-order valence-electron chi connectivity index (χ1n) is 10.1. The van der Waals surface area contributed by atoms with Gasteiger partial charge in [-0.25, -0.2) is 14.4 Å². The first-order chi connectivity index (χ1) is 15.1. The van der Waals surface area contributed by atoms with Crippen LogP contribution in [0.3, 0.4) is 0 Å². The van der Waals surface area contributed by atoms with Crippen molar-refractivity contribution in [3.63, 3.8) is 0 Å². The molecule has 0 spiro atoms. The quantitative estimate of drug-likeness (QED) is 0.511. The Bertz CT molecular complexity index is 1040. The molecule has 2 heterocycles. The van der Waals surface area contributed by atoms with Crippen LogP contribution in [0.1, 0.15) is 5.56 Å². The lowest BCUT2D eigenvalue weighted by Crippen LogP contribution is -2.49. The van der Waals surface area contributed by atoms with Gasteiger partial charge in [-0.05, 0) is 42.8 Å². The second kappa shape index (κ2) is 10.2. The summed E-state index contributed by atoms with van der Waals surface area (Å²) >= 11 is 3.01. The van der Waals surface area contributed by atoms with E-state index in [1.165, 1.54) is 29.5 Å². The summed E-state index contributed by atoms with van der Waals surface area (Å²) in [4.78, 5) is 26.9. The molecule has 0 atom stereocenters. The number of carbonyl (C=O) groups excluding carboxylic acids is 1. The summed E-state index contributed by atoms with van der Waals surface area (Å²) in [6.45, 7) is 4.86. The van der Waals surface area contributed by atoms with E-state index in [1.807, 2.05) is 17.0 Å². The Hall–Kier alpha value is -2.58. The molecule has 2 aromatic carbocycles. The number of benzene rings is 2. The molecule has 0 unspecified atom stereocenters. The lowest BCUT2D eigenvalue weighted by Gasteiger charge is -2.36. The molecular formula is C23H23FN4OS2. The summed E-state index contributed by atoms with van der Waals surface area (Å²) in [6, 6.07) is 14.7. The van der Waals surface area contributed by atoms with Gasteiger partial charge in [0, 0.05) is 49.2 Å². The fourth-order valence-corrected chi connectivity index (χ4v) is 5.24. The van der Waals surface area contributed by atoms with Crippen LogP contribution in [-0.4, -0.2) is 52.7 Å². The third-order valence-corrected chi connectivity index (χ3v) is 7.35. The molecule has 0 aliphatic carbocycles. The molecule has 1 aliphatic heterocycles. The highest BCUT2D eigenvalue weighted by atomic mass is 32.2. The smallest absolute Gasteiger partial charge is 0.233 e. The Kier molecular flexibility index (Phi) is 7.09. The number of amides is 1. The van der Waals surface area contributed by atoms with Crippen LogP contribution in [0.2, 0.25) is 0 Å². The van der Waals surface area contributed by atoms with E-state index in [4.69, 9.17) is 0 Å². The van der Waals surface area contributed by atoms with Gasteiger partial charge in [0.15, 0.2) is 0 Å². The van der Waals surface area contributed by atoms with E-state index in [2.05, 4.69) is 33.9 Å². The van der Waals surface area contributed by atoms with Crippen molar-refractivity contribution in [3.8, 4) is 0 Å². The van der Waals surface area contributed by atoms with Gasteiger partial charge in [-0.1, -0.05) is 41.7 Å². The predicted octanol–water partition coefficient (Wildman–Crippen LogP) is 4.52. The van der Waals surface area contributed by atoms with Crippen LogP contribution in [0.15, 0.2) is 75.9 Å². The Morgan fingerprint density at radius 3 is 2.35 bits per heavy atom. The van der Waals surface area contributed by atoms with Crippen molar-refractivity contribution >= 4 is 35.1 Å². The topological polar surface area (TPSA) is 49.3 Å². The number of thioether (sulfide) groups is 1. The molecule has 1 amide bonds. The number of anilines is 1. The first-order valence-corrected chi connectivity index (χ1v) is 11.9. The second-order valence-electron chi connectivity index (χ2n) is 7.17. The Balaban J connectivity index is 1.32. The molecule has 1 fully saturated rings. The van der Waals surface area contributed by atoms with Gasteiger partial charge in [-0.2, -0.15) is 0 Å². The van der Waals surface area contributed by atoms with E-state index < -0.39 is 0 Å². The fraction of sp³-hybridized carbons (Fsp3) is 0.261. The maximum absolute atomic E-state index is 13.1. The lowest BCUT2D eigenvalue weighted by atomic mass is 10.2. The summed E-state index contributed by atoms with van der Waals surface area (Å²) in [5, 5.41) is 1.59. The van der Waals surface area contributed by atoms with Gasteiger partial charge in [-0.15, -0.1) is 0 Å². The highest BCUT2D eigenvalue weighted by Crippen LogP contribution is 2.34. The fourth-order valence-electron chi connectivity index (χ4n) is 3.34. The number of carbonyl (C=O) groups is 1. The van der Waals surface area contributed by atoms with Gasteiger partial charge in [0.2, 0.25) is 5.91 Å². The van der Waals surface area contributed by atoms with E-state index in [1.54, 1.807) is 36.3 Å². The molecule has 0 radical (unpaired) electrons. The van der Waals surface area contributed by atoms with Crippen LogP contribution in [-0.2, 0) is 4.79 Å². The van der Waals surface area contributed by atoms with E-state index in [-0.39, 0.29) is 11.7 Å². The van der Waals surface area contributed by atoms with Crippen LogP contribution in [0.25, 0.3) is 0 Å². The Morgan fingerprint density at radius 2 is 1.65 bits per heavy atom. The van der Waals surface area contributed by atoms with E-state index in [0.717, 1.165) is 33.7 Å². The minimum absolute atomic E-state index is 0.0984. The molecule has 0 bridgehead atoms. The molecule has 1 aromatic heterocycles. The normalized spacial score (nSPS) is 14.0. The van der Waals surface area contributed by atoms with Crippen LogP contribution >= 0.6 is 23.5 Å². The van der Waals surface area contributed by atoms with E-state index in [9.17, 15) is 9.18 Å². The Morgan fingerprint density at radius 1 is 0.968 bits per heavy atom. The van der Waals surface area contributed by atoms with Gasteiger partial charge in [0.1, 0.15) is 15.9 Å². The summed E-state index contributed by atoms with van der Waals surface area (Å²) in [5.41, 5.74) is 2.17. The molecule has 4 rings (SSSR count). The molecule has 0 saturated carbocycles. The average Bonchev–Trinajstić information content (AvgIpc) is 2.80. The van der Waals surface area contributed by atoms with Crippen molar-refractivity contribution in [1.29, 1.82) is 0 Å². The molecule has 1 aliphatic rings. The number of aromatic nitrogens is 2. The number of aryl methyl sites for hydroxylation is 1. The van der Waals surface area contributed by atoms with Crippen molar-refractivity contribution in [2.24, 2.45) is 0 Å². The number of halogens is 1. The number of piperazine rings is 1. The largest absolute Gasteiger partial charge is 0.368 e. The maximum Gasteiger partial charge on any atom is 0.233 e. The molecule has 8 heteroatoms. The molecule has 3 aromatic rings. The first kappa shape index (κ1) is 21.6. The highest BCUT2D eigenvalue weighted by Gasteiger charge is 2.22. The monoisotopic (exact) mass is 454 g/mol. The highest BCUT2D eigenvalue weighted by molar-refractivity contribution is 8.02. The Labute approximate surface area is 190 Å². The third kappa shape index (κ3) is 5.57. The zero-order chi connectivity index (χ0) is 21.6. The van der Waals surface area contributed by atoms with Gasteiger partial charge in [0.25, 0.3) is 0 Å². The molecule has 5 nitrogen and oxygen atoms in total. The SMILES string of the molecule is Cc1ccccc1Sc1nccnc1SCC(=O)N1CCN(c2ccc(F)cc2)CC1. The number of nitrogens with zero attached hydrogens (tertiary/aromatic N) is 4. The molecule has 1 saturated heterocycles. The number of rotatable bonds is 6. The lowest BCUT2D eigenvalue weighted by molar-refractivity contribution is -0.128. The van der Waals surface area contributed by atoms with Gasteiger partial charge >= 0.3 is 0 Å². The third-order valence-electron chi connectivity index (χ3n) is 5.09. The minimum Gasteiger partial charge on any atom is -0.368 e. The van der Waals surface area contributed by atoms with E-state index in [0.29, 0.717) is 18.8 Å². The standard InChI is InChI=1S/C23H23FN4OS2/c1-17-4-2-3-5-20(17)31-23-22(25-10-11-26-23)30-16-21(29)28-14-12-27(13-15-28)19-8-6-18(24)7-9-19/h2-11H,12-16H2,1H3. The van der Waals surface area contributed by atoms with Gasteiger partial charge < -0.3 is 9.80 Å². The van der Waals surface area contributed by atoms with Crippen LogP contribution in [0.5, 0.6) is 0 Å². The average molecular weight is 455 g/mol. The van der Waals surface area contributed by atoms with Crippen LogP contribution < -0.4 is 4.90 Å². The van der Waals surface area contributed by atoms with E-state index >= 15 is 0 Å². The maximum atomic E-state index is 13.1. The summed E-state index contributed by atoms with van der Waals surface area (Å²) < 4.78 is 13.1. The van der Waals surface area contributed by atoms with Crippen molar-refractivity contribution in [1.82, 2.24) is 14.9 Å². The minimum atomic E-state index is -0.237. The van der Waals surface area contributed by atoms with Crippen molar-refractivity contribution in [2.45, 2.75) is 21.9 Å². The summed E-state index contributed by atoms with van der Waals surface area (Å²) in [5.74, 6) is 0.191. The van der Waals surface area contributed by atoms with Gasteiger partial charge in [0.05, 0.1) is 5.75 Å². The summed E-state index contributed by atoms with van der Waals surface area (Å²) in [7, 11) is 0. The van der Waals surface area contributed by atoms with Crippen molar-refractivity contribution in [3.05, 3.63) is 72.3 Å². The van der Waals surface area contributed by atoms with Gasteiger partial charge in [-0.3, -0.25) is 4.79 Å². The number of hydrogen-bond acceptors (Lipinski definition) is 6. The molecule has 160 valence electrons. The van der Waals surface area contributed by atoms with Crippen LogP contribution in [0, 0.1) is 12.7 Å².